The summed E-state index contributed by atoms with van der Waals surface area (Å²) < 4.78 is 6.26. The van der Waals surface area contributed by atoms with Gasteiger partial charge >= 0.3 is 0 Å². The van der Waals surface area contributed by atoms with Crippen LogP contribution in [0.15, 0.2) is 96.3 Å². The molecule has 0 aromatic heterocycles. The number of benzene rings is 3. The molecule has 9 nitrogen and oxygen atoms in total. The number of likely N-dealkylation sites (tertiary alicyclic amines) is 1. The lowest BCUT2D eigenvalue weighted by atomic mass is 9.61. The Balaban J connectivity index is 0.781. The van der Waals surface area contributed by atoms with Crippen LogP contribution >= 0.6 is 0 Å². The Labute approximate surface area is 318 Å². The minimum Gasteiger partial charge on any atom is -0.512 e. The first kappa shape index (κ1) is 36.1. The van der Waals surface area contributed by atoms with Crippen LogP contribution in [-0.4, -0.2) is 71.5 Å². The van der Waals surface area contributed by atoms with Gasteiger partial charge in [0.2, 0.25) is 11.8 Å². The van der Waals surface area contributed by atoms with Crippen molar-refractivity contribution in [2.24, 2.45) is 17.8 Å². The molecule has 3 aromatic carbocycles. The van der Waals surface area contributed by atoms with Crippen molar-refractivity contribution >= 4 is 23.4 Å². The van der Waals surface area contributed by atoms with Gasteiger partial charge in [0, 0.05) is 49.1 Å². The predicted octanol–water partition coefficient (Wildman–Crippen LogP) is 7.34. The number of hydrogen-bond donors (Lipinski definition) is 3. The zero-order chi connectivity index (χ0) is 37.2. The number of rotatable bonds is 11. The molecular formula is C45H52N4O5. The lowest BCUT2D eigenvalue weighted by molar-refractivity contribution is -0.136. The van der Waals surface area contributed by atoms with Crippen molar-refractivity contribution in [3.63, 3.8) is 0 Å². The maximum atomic E-state index is 13.0. The second kappa shape index (κ2) is 15.8. The second-order valence-electron chi connectivity index (χ2n) is 15.9. The quantitative estimate of drug-likeness (QED) is 0.177. The highest BCUT2D eigenvalue weighted by Crippen LogP contribution is 2.53. The number of aliphatic hydroxyl groups is 1. The first-order chi connectivity index (χ1) is 26.3. The lowest BCUT2D eigenvalue weighted by Crippen LogP contribution is -2.52. The molecule has 54 heavy (non-hydrogen) atoms. The van der Waals surface area contributed by atoms with E-state index in [0.29, 0.717) is 48.6 Å². The fourth-order valence-corrected chi connectivity index (χ4v) is 9.61. The molecular weight excluding hydrogens is 677 g/mol. The van der Waals surface area contributed by atoms with Gasteiger partial charge in [-0.15, -0.1) is 0 Å². The van der Waals surface area contributed by atoms with Gasteiger partial charge in [0.1, 0.15) is 18.4 Å². The molecule has 2 saturated heterocycles. The minimum absolute atomic E-state index is 0.140. The molecule has 3 heterocycles. The fraction of sp³-hybridized carbons (Fsp3) is 0.444. The second-order valence-corrected chi connectivity index (χ2v) is 15.9. The summed E-state index contributed by atoms with van der Waals surface area (Å²) in [5, 5.41) is 16.4. The Morgan fingerprint density at radius 1 is 0.870 bits per heavy atom. The molecule has 3 aliphatic heterocycles. The molecule has 8 rings (SSSR count). The molecule has 5 aliphatic rings. The largest absolute Gasteiger partial charge is 0.512 e. The number of carbonyl (C=O) groups excluding carboxylic acids is 3. The summed E-state index contributed by atoms with van der Waals surface area (Å²) in [5.74, 6) is 2.49. The summed E-state index contributed by atoms with van der Waals surface area (Å²) in [4.78, 5) is 41.1. The number of anilines is 1. The summed E-state index contributed by atoms with van der Waals surface area (Å²) in [5.41, 5.74) is 6.69. The van der Waals surface area contributed by atoms with Gasteiger partial charge in [-0.3, -0.25) is 24.6 Å². The number of nitrogens with zero attached hydrogens (tertiary/aromatic N) is 2. The van der Waals surface area contributed by atoms with E-state index < -0.39 is 6.04 Å². The molecule has 1 saturated carbocycles. The molecule has 5 atom stereocenters. The van der Waals surface area contributed by atoms with Gasteiger partial charge in [0.25, 0.3) is 5.91 Å². The summed E-state index contributed by atoms with van der Waals surface area (Å²) in [6, 6.07) is 24.9. The zero-order valence-electron chi connectivity index (χ0n) is 31.2. The Morgan fingerprint density at radius 2 is 1.65 bits per heavy atom. The lowest BCUT2D eigenvalue weighted by Gasteiger charge is -2.43. The Bertz CT molecular complexity index is 1920. The van der Waals surface area contributed by atoms with Crippen LogP contribution in [0.2, 0.25) is 0 Å². The van der Waals surface area contributed by atoms with E-state index in [9.17, 15) is 19.5 Å². The van der Waals surface area contributed by atoms with Crippen molar-refractivity contribution in [3.8, 4) is 5.75 Å². The predicted molar refractivity (Wildman–Crippen MR) is 209 cm³/mol. The maximum Gasteiger partial charge on any atom is 0.255 e. The van der Waals surface area contributed by atoms with Crippen molar-refractivity contribution < 1.29 is 24.2 Å². The van der Waals surface area contributed by atoms with Gasteiger partial charge < -0.3 is 20.1 Å². The molecule has 3 fully saturated rings. The highest BCUT2D eigenvalue weighted by molar-refractivity contribution is 6.05. The third kappa shape index (κ3) is 7.56. The van der Waals surface area contributed by atoms with E-state index in [0.717, 1.165) is 62.4 Å². The smallest absolute Gasteiger partial charge is 0.255 e. The molecule has 9 heteroatoms. The van der Waals surface area contributed by atoms with Crippen LogP contribution in [0.1, 0.15) is 90.8 Å². The topological polar surface area (TPSA) is 111 Å². The first-order valence-electron chi connectivity index (χ1n) is 19.9. The van der Waals surface area contributed by atoms with Crippen molar-refractivity contribution in [1.29, 1.82) is 0 Å². The van der Waals surface area contributed by atoms with E-state index in [1.54, 1.807) is 4.90 Å². The van der Waals surface area contributed by atoms with E-state index in [4.69, 9.17) is 4.74 Å². The van der Waals surface area contributed by atoms with Crippen LogP contribution in [0.4, 0.5) is 5.69 Å². The molecule has 0 spiro atoms. The van der Waals surface area contributed by atoms with Crippen molar-refractivity contribution in [2.45, 2.75) is 76.3 Å². The molecule has 0 radical (unpaired) electrons. The number of ether oxygens (including phenoxy) is 1. The highest BCUT2D eigenvalue weighted by Gasteiger charge is 2.41. The van der Waals surface area contributed by atoms with Crippen LogP contribution in [-0.2, 0) is 16.1 Å². The van der Waals surface area contributed by atoms with Crippen LogP contribution < -0.4 is 15.4 Å². The van der Waals surface area contributed by atoms with Crippen molar-refractivity contribution in [2.75, 3.05) is 38.1 Å². The van der Waals surface area contributed by atoms with E-state index in [-0.39, 0.29) is 36.0 Å². The average molecular weight is 729 g/mol. The van der Waals surface area contributed by atoms with E-state index in [1.807, 2.05) is 24.3 Å². The van der Waals surface area contributed by atoms with Gasteiger partial charge in [0.05, 0.1) is 5.76 Å². The Morgan fingerprint density at radius 3 is 2.43 bits per heavy atom. The minimum atomic E-state index is -0.592. The van der Waals surface area contributed by atoms with Gasteiger partial charge in [-0.1, -0.05) is 61.0 Å². The summed E-state index contributed by atoms with van der Waals surface area (Å²) in [6.07, 6.45) is 10.3. The van der Waals surface area contributed by atoms with Crippen LogP contribution in [0.5, 0.6) is 5.75 Å². The van der Waals surface area contributed by atoms with Crippen molar-refractivity contribution in [3.05, 3.63) is 119 Å². The molecule has 3 aromatic rings. The number of imide groups is 1. The Hall–Kier alpha value is -4.89. The van der Waals surface area contributed by atoms with Crippen LogP contribution in [0.25, 0.3) is 0 Å². The number of allylic oxidation sites excluding steroid dienone is 4. The zero-order valence-corrected chi connectivity index (χ0v) is 31.2. The monoisotopic (exact) mass is 728 g/mol. The normalized spacial score (nSPS) is 26.1. The summed E-state index contributed by atoms with van der Waals surface area (Å²) in [6.45, 7) is 7.15. The SMILES string of the molecule is CC1C(O)=CC=C2C1CC[C@H](c1ccccc1)[C@@H]2c1ccc(OCCN2CCC(CCNc3ccc4c(c3)CN(C3CCC(=O)NC3=O)C4=O)CC2)cc1. The number of nitrogens with one attached hydrogen (secondary N) is 2. The molecule has 3 unspecified atom stereocenters. The number of carbonyl (C=O) groups is 3. The number of amides is 3. The first-order valence-corrected chi connectivity index (χ1v) is 19.9. The standard InChI is InChI=1S/C45H52N4O5/c1-29-36-13-14-37(31-5-3-2-4-6-31)43(39(36)15-17-41(29)50)32-7-10-35(11-8-32)54-26-25-48-23-20-30(21-24-48)19-22-46-34-9-12-38-33(27-34)28-49(45(38)53)40-16-18-42(51)47-44(40)52/h2-12,15,17,27,29-30,36-37,40,43,46,50H,13-14,16,18-26,28H2,1H3,(H,47,51,52)/t29?,36?,37-,40?,43+/m1/s1. The molecule has 3 N–H and O–H groups in total. The molecule has 0 bridgehead atoms. The Kier molecular flexibility index (Phi) is 10.6. The fourth-order valence-electron chi connectivity index (χ4n) is 9.61. The molecule has 282 valence electrons. The number of piperidine rings is 2. The van der Waals surface area contributed by atoms with Gasteiger partial charge in [-0.25, -0.2) is 0 Å². The summed E-state index contributed by atoms with van der Waals surface area (Å²) >= 11 is 0. The molecule has 2 aliphatic carbocycles. The van der Waals surface area contributed by atoms with Crippen LogP contribution in [0, 0.1) is 17.8 Å². The third-order valence-electron chi connectivity index (χ3n) is 12.8. The van der Waals surface area contributed by atoms with E-state index in [2.05, 4.69) is 83.1 Å². The third-order valence-corrected chi connectivity index (χ3v) is 12.8. The number of hydrogen-bond acceptors (Lipinski definition) is 7. The number of fused-ring (bicyclic) bond motifs is 2. The highest BCUT2D eigenvalue weighted by atomic mass is 16.5. The van der Waals surface area contributed by atoms with Crippen molar-refractivity contribution in [1.82, 2.24) is 15.1 Å². The van der Waals surface area contributed by atoms with Gasteiger partial charge in [-0.2, -0.15) is 0 Å². The van der Waals surface area contributed by atoms with Gasteiger partial charge in [0.15, 0.2) is 0 Å². The summed E-state index contributed by atoms with van der Waals surface area (Å²) in [7, 11) is 0. The van der Waals surface area contributed by atoms with Crippen LogP contribution in [0.3, 0.4) is 0 Å². The van der Waals surface area contributed by atoms with E-state index in [1.165, 1.54) is 29.5 Å². The maximum absolute atomic E-state index is 13.0. The molecule has 3 amide bonds. The average Bonchev–Trinajstić information content (AvgIpc) is 3.51. The van der Waals surface area contributed by atoms with Gasteiger partial charge in [-0.05, 0) is 122 Å². The number of aliphatic hydroxyl groups excluding tert-OH is 1. The van der Waals surface area contributed by atoms with E-state index >= 15 is 0 Å².